The zero-order chi connectivity index (χ0) is 25.9. The molecule has 0 aliphatic heterocycles. The predicted molar refractivity (Wildman–Crippen MR) is 139 cm³/mol. The fraction of sp³-hybridized carbons (Fsp3) is 0.310. The van der Waals surface area contributed by atoms with Crippen LogP contribution in [0.2, 0.25) is 0 Å². The smallest absolute Gasteiger partial charge is 0.227 e. The normalized spacial score (nSPS) is 14.8. The van der Waals surface area contributed by atoms with E-state index >= 15 is 0 Å². The fourth-order valence-corrected chi connectivity index (χ4v) is 4.32. The average molecular weight is 483 g/mol. The molecule has 0 radical (unpaired) electrons. The maximum absolute atomic E-state index is 13.2. The topological polar surface area (TPSA) is 104 Å². The maximum Gasteiger partial charge on any atom is 0.227 e. The largest absolute Gasteiger partial charge is 0.457 e. The van der Waals surface area contributed by atoms with Crippen molar-refractivity contribution in [3.63, 3.8) is 0 Å². The molecule has 1 atom stereocenters. The van der Waals surface area contributed by atoms with Crippen LogP contribution in [0.3, 0.4) is 0 Å². The van der Waals surface area contributed by atoms with Gasteiger partial charge in [0.15, 0.2) is 0 Å². The van der Waals surface area contributed by atoms with Crippen LogP contribution in [-0.2, 0) is 27.8 Å². The first-order chi connectivity index (χ1) is 17.1. The Hall–Kier alpha value is -4.18. The molecule has 7 nitrogen and oxygen atoms in total. The molecule has 1 aliphatic carbocycles. The Balaban J connectivity index is 1.48. The number of amides is 2. The Labute approximate surface area is 211 Å². The third kappa shape index (κ3) is 6.08. The summed E-state index contributed by atoms with van der Waals surface area (Å²) in [6, 6.07) is 17.1. The number of anilines is 2. The van der Waals surface area contributed by atoms with E-state index in [4.69, 9.17) is 4.74 Å². The zero-order valence-electron chi connectivity index (χ0n) is 21.0. The molecule has 0 bridgehead atoms. The summed E-state index contributed by atoms with van der Waals surface area (Å²) in [6.45, 7) is 7.67. The quantitative estimate of drug-likeness (QED) is 0.482. The van der Waals surface area contributed by atoms with Crippen LogP contribution in [0.15, 0.2) is 54.7 Å². The fourth-order valence-electron chi connectivity index (χ4n) is 4.32. The van der Waals surface area contributed by atoms with E-state index in [0.717, 1.165) is 24.0 Å². The number of hydrogen-bond donors (Lipinski definition) is 2. The molecule has 7 heteroatoms. The monoisotopic (exact) mass is 482 g/mol. The first-order valence-electron chi connectivity index (χ1n) is 12.0. The number of nitrogens with one attached hydrogen (secondary N) is 2. The Morgan fingerprint density at radius 1 is 1.03 bits per heavy atom. The highest BCUT2D eigenvalue weighted by atomic mass is 16.5. The number of ether oxygens (including phenoxy) is 1. The van der Waals surface area contributed by atoms with Crippen LogP contribution in [-0.4, -0.2) is 16.8 Å². The number of carbonyl (C=O) groups is 2. The molecule has 1 aliphatic rings. The van der Waals surface area contributed by atoms with Crippen molar-refractivity contribution in [1.82, 2.24) is 4.98 Å². The third-order valence-corrected chi connectivity index (χ3v) is 6.24. The highest BCUT2D eigenvalue weighted by Gasteiger charge is 2.26. The molecule has 2 amide bonds. The van der Waals surface area contributed by atoms with Gasteiger partial charge < -0.3 is 15.4 Å². The van der Waals surface area contributed by atoms with E-state index < -0.39 is 0 Å². The van der Waals surface area contributed by atoms with Crippen LogP contribution < -0.4 is 15.4 Å². The van der Waals surface area contributed by atoms with Crippen LogP contribution in [0, 0.1) is 17.2 Å². The van der Waals surface area contributed by atoms with Gasteiger partial charge in [-0.05, 0) is 77.8 Å². The molecule has 3 aromatic rings. The van der Waals surface area contributed by atoms with Crippen molar-refractivity contribution in [1.29, 1.82) is 5.26 Å². The molecule has 1 heterocycles. The zero-order valence-corrected chi connectivity index (χ0v) is 21.0. The number of nitriles is 1. The minimum Gasteiger partial charge on any atom is -0.457 e. The highest BCUT2D eigenvalue weighted by Crippen LogP contribution is 2.32. The summed E-state index contributed by atoms with van der Waals surface area (Å²) in [4.78, 5) is 28.6. The van der Waals surface area contributed by atoms with Crippen molar-refractivity contribution in [2.24, 2.45) is 5.92 Å². The van der Waals surface area contributed by atoms with Gasteiger partial charge in [-0.15, -0.1) is 0 Å². The van der Waals surface area contributed by atoms with Gasteiger partial charge in [0.25, 0.3) is 0 Å². The lowest BCUT2D eigenvalue weighted by atomic mass is 9.83. The lowest BCUT2D eigenvalue weighted by Gasteiger charge is -2.25. The number of carbonyl (C=O) groups excluding carboxylic acids is 2. The van der Waals surface area contributed by atoms with E-state index in [1.165, 1.54) is 12.5 Å². The number of aryl methyl sites for hydroxylation is 1. The van der Waals surface area contributed by atoms with E-state index in [0.29, 0.717) is 35.0 Å². The molecule has 4 rings (SSSR count). The van der Waals surface area contributed by atoms with Crippen molar-refractivity contribution in [3.8, 4) is 17.6 Å². The van der Waals surface area contributed by atoms with Gasteiger partial charge in [0.05, 0.1) is 11.6 Å². The molecular weight excluding hydrogens is 452 g/mol. The molecule has 2 aromatic carbocycles. The Bertz CT molecular complexity index is 1350. The van der Waals surface area contributed by atoms with Crippen molar-refractivity contribution in [2.45, 2.75) is 52.4 Å². The molecule has 36 heavy (non-hydrogen) atoms. The summed E-state index contributed by atoms with van der Waals surface area (Å²) in [5.41, 5.74) is 4.35. The van der Waals surface area contributed by atoms with E-state index in [1.54, 1.807) is 24.4 Å². The van der Waals surface area contributed by atoms with Gasteiger partial charge in [-0.2, -0.15) is 5.26 Å². The Kier molecular flexibility index (Phi) is 7.07. The first-order valence-corrected chi connectivity index (χ1v) is 12.0. The van der Waals surface area contributed by atoms with E-state index in [-0.39, 0.29) is 23.1 Å². The van der Waals surface area contributed by atoms with Gasteiger partial charge in [-0.1, -0.05) is 26.8 Å². The summed E-state index contributed by atoms with van der Waals surface area (Å²) in [7, 11) is 0. The van der Waals surface area contributed by atoms with Crippen LogP contribution >= 0.6 is 0 Å². The van der Waals surface area contributed by atoms with Crippen molar-refractivity contribution < 1.29 is 14.3 Å². The van der Waals surface area contributed by atoms with E-state index in [2.05, 4.69) is 42.5 Å². The summed E-state index contributed by atoms with van der Waals surface area (Å²) in [5, 5.41) is 15.1. The van der Waals surface area contributed by atoms with Crippen molar-refractivity contribution in [2.75, 3.05) is 10.6 Å². The van der Waals surface area contributed by atoms with Crippen molar-refractivity contribution in [3.05, 3.63) is 77.0 Å². The number of aromatic nitrogens is 1. The SMILES string of the molecule is CC(=O)Nc1cc(Oc2ccc3c(c2)CC(C(=O)Nc2cc(C#N)cc(C(C)(C)C)c2)CC3)ccn1. The summed E-state index contributed by atoms with van der Waals surface area (Å²) in [6.07, 6.45) is 3.75. The minimum absolute atomic E-state index is 0.0454. The first kappa shape index (κ1) is 24.9. The third-order valence-electron chi connectivity index (χ3n) is 6.24. The molecular formula is C29H30N4O3. The van der Waals surface area contributed by atoms with E-state index in [9.17, 15) is 14.9 Å². The number of pyridine rings is 1. The van der Waals surface area contributed by atoms with Crippen LogP contribution in [0.25, 0.3) is 0 Å². The average Bonchev–Trinajstić information content (AvgIpc) is 2.82. The summed E-state index contributed by atoms with van der Waals surface area (Å²) < 4.78 is 6.01. The number of rotatable bonds is 5. The number of hydrogen-bond acceptors (Lipinski definition) is 5. The standard InChI is InChI=1S/C29H30N4O3/c1-18(34)32-27-16-26(9-10-31-27)36-25-8-7-20-5-6-21(13-22(20)14-25)28(35)33-24-12-19(17-30)11-23(15-24)29(2,3)4/h7-12,14-16,21H,5-6,13H2,1-4H3,(H,33,35)(H,31,32,34). The molecule has 1 unspecified atom stereocenters. The van der Waals surface area contributed by atoms with Gasteiger partial charge in [-0.25, -0.2) is 4.98 Å². The van der Waals surface area contributed by atoms with Crippen LogP contribution in [0.4, 0.5) is 11.5 Å². The molecule has 0 spiro atoms. The van der Waals surface area contributed by atoms with Gasteiger partial charge >= 0.3 is 0 Å². The van der Waals surface area contributed by atoms with Gasteiger partial charge in [0.1, 0.15) is 17.3 Å². The second-order valence-corrected chi connectivity index (χ2v) is 10.2. The van der Waals surface area contributed by atoms with Gasteiger partial charge in [-0.3, -0.25) is 9.59 Å². The molecule has 0 fully saturated rings. The number of benzene rings is 2. The molecule has 1 aromatic heterocycles. The lowest BCUT2D eigenvalue weighted by Crippen LogP contribution is -2.28. The summed E-state index contributed by atoms with van der Waals surface area (Å²) >= 11 is 0. The second kappa shape index (κ2) is 10.2. The van der Waals surface area contributed by atoms with Gasteiger partial charge in [0, 0.05) is 30.8 Å². The predicted octanol–water partition coefficient (Wildman–Crippen LogP) is 5.75. The minimum atomic E-state index is -0.202. The number of fused-ring (bicyclic) bond motifs is 1. The summed E-state index contributed by atoms with van der Waals surface area (Å²) in [5.74, 6) is 1.22. The highest BCUT2D eigenvalue weighted by molar-refractivity contribution is 5.93. The van der Waals surface area contributed by atoms with Crippen LogP contribution in [0.1, 0.15) is 56.4 Å². The van der Waals surface area contributed by atoms with Crippen molar-refractivity contribution >= 4 is 23.3 Å². The van der Waals surface area contributed by atoms with Crippen LogP contribution in [0.5, 0.6) is 11.5 Å². The molecule has 0 saturated heterocycles. The maximum atomic E-state index is 13.2. The molecule has 184 valence electrons. The van der Waals surface area contributed by atoms with Gasteiger partial charge in [0.2, 0.25) is 11.8 Å². The molecule has 0 saturated carbocycles. The Morgan fingerprint density at radius 2 is 1.81 bits per heavy atom. The lowest BCUT2D eigenvalue weighted by molar-refractivity contribution is -0.120. The van der Waals surface area contributed by atoms with E-state index in [1.807, 2.05) is 30.3 Å². The second-order valence-electron chi connectivity index (χ2n) is 10.2. The Morgan fingerprint density at radius 3 is 2.53 bits per heavy atom. The molecule has 2 N–H and O–H groups in total. The number of nitrogens with zero attached hydrogens (tertiary/aromatic N) is 2.